The van der Waals surface area contributed by atoms with Crippen molar-refractivity contribution in [2.45, 2.75) is 38.8 Å². The standard InChI is InChI=1S/C10H17NO/c1-3-4-5-8-7(2)6-9(11)10(8)12/h4-5,9-10,12H,3,6,11H2,1-2H3/b5-4-. The first-order valence-corrected chi connectivity index (χ1v) is 4.46. The van der Waals surface area contributed by atoms with Crippen LogP contribution in [0.15, 0.2) is 23.3 Å². The van der Waals surface area contributed by atoms with Gasteiger partial charge in [0.2, 0.25) is 0 Å². The van der Waals surface area contributed by atoms with Crippen molar-refractivity contribution in [3.8, 4) is 0 Å². The average Bonchev–Trinajstić information content (AvgIpc) is 2.25. The van der Waals surface area contributed by atoms with E-state index in [0.717, 1.165) is 18.4 Å². The fourth-order valence-electron chi connectivity index (χ4n) is 1.55. The van der Waals surface area contributed by atoms with Crippen LogP contribution >= 0.6 is 0 Å². The maximum absolute atomic E-state index is 9.62. The molecule has 1 aliphatic carbocycles. The Labute approximate surface area is 73.8 Å². The summed E-state index contributed by atoms with van der Waals surface area (Å²) in [6.45, 7) is 4.11. The molecule has 0 fully saturated rings. The zero-order chi connectivity index (χ0) is 9.14. The second kappa shape index (κ2) is 3.87. The summed E-state index contributed by atoms with van der Waals surface area (Å²) in [6.07, 6.45) is 5.42. The quantitative estimate of drug-likeness (QED) is 0.652. The normalized spacial score (nSPS) is 30.7. The van der Waals surface area contributed by atoms with Crippen molar-refractivity contribution in [3.05, 3.63) is 23.3 Å². The second-order valence-electron chi connectivity index (χ2n) is 3.36. The fraction of sp³-hybridized carbons (Fsp3) is 0.600. The average molecular weight is 167 g/mol. The van der Waals surface area contributed by atoms with E-state index in [1.807, 2.05) is 13.0 Å². The lowest BCUT2D eigenvalue weighted by atomic mass is 10.1. The molecule has 1 aliphatic rings. The summed E-state index contributed by atoms with van der Waals surface area (Å²) >= 11 is 0. The molecule has 2 heteroatoms. The minimum absolute atomic E-state index is 0.0958. The lowest BCUT2D eigenvalue weighted by Crippen LogP contribution is -2.30. The number of hydrogen-bond acceptors (Lipinski definition) is 2. The summed E-state index contributed by atoms with van der Waals surface area (Å²) in [7, 11) is 0. The van der Waals surface area contributed by atoms with Gasteiger partial charge >= 0.3 is 0 Å². The number of aliphatic hydroxyl groups excluding tert-OH is 1. The Kier molecular flexibility index (Phi) is 3.06. The number of allylic oxidation sites excluding steroid dienone is 1. The van der Waals surface area contributed by atoms with Crippen LogP contribution in [0.4, 0.5) is 0 Å². The first kappa shape index (κ1) is 9.49. The van der Waals surface area contributed by atoms with Crippen molar-refractivity contribution in [2.75, 3.05) is 0 Å². The van der Waals surface area contributed by atoms with Crippen LogP contribution < -0.4 is 5.73 Å². The molecule has 3 N–H and O–H groups in total. The van der Waals surface area contributed by atoms with E-state index < -0.39 is 6.10 Å². The fourth-order valence-corrected chi connectivity index (χ4v) is 1.55. The van der Waals surface area contributed by atoms with Gasteiger partial charge in [-0.3, -0.25) is 0 Å². The molecular weight excluding hydrogens is 150 g/mol. The van der Waals surface area contributed by atoms with Crippen molar-refractivity contribution in [1.82, 2.24) is 0 Å². The lowest BCUT2D eigenvalue weighted by molar-refractivity contribution is 0.194. The molecule has 0 spiro atoms. The van der Waals surface area contributed by atoms with Crippen molar-refractivity contribution >= 4 is 0 Å². The molecule has 12 heavy (non-hydrogen) atoms. The molecule has 2 unspecified atom stereocenters. The Hall–Kier alpha value is -0.600. The molecule has 0 saturated heterocycles. The SMILES string of the molecule is CC/C=C\C1=C(C)CC(N)C1O. The summed E-state index contributed by atoms with van der Waals surface area (Å²) in [6, 6.07) is -0.0958. The highest BCUT2D eigenvalue weighted by atomic mass is 16.3. The van der Waals surface area contributed by atoms with Gasteiger partial charge in [-0.2, -0.15) is 0 Å². The minimum Gasteiger partial charge on any atom is -0.387 e. The van der Waals surface area contributed by atoms with E-state index in [4.69, 9.17) is 5.73 Å². The first-order valence-electron chi connectivity index (χ1n) is 4.46. The molecule has 0 bridgehead atoms. The highest BCUT2D eigenvalue weighted by Crippen LogP contribution is 2.26. The van der Waals surface area contributed by atoms with Crippen LogP contribution in [0.5, 0.6) is 0 Å². The molecule has 0 aromatic carbocycles. The van der Waals surface area contributed by atoms with Gasteiger partial charge in [-0.15, -0.1) is 0 Å². The summed E-state index contributed by atoms with van der Waals surface area (Å²) in [5, 5.41) is 9.62. The Balaban J connectivity index is 2.73. The molecule has 2 nitrogen and oxygen atoms in total. The van der Waals surface area contributed by atoms with Gasteiger partial charge in [0, 0.05) is 6.04 Å². The molecule has 0 aromatic rings. The maximum atomic E-state index is 9.62. The third-order valence-corrected chi connectivity index (χ3v) is 2.29. The monoisotopic (exact) mass is 167 g/mol. The number of nitrogens with two attached hydrogens (primary N) is 1. The van der Waals surface area contributed by atoms with Crippen LogP contribution in [0.1, 0.15) is 26.7 Å². The van der Waals surface area contributed by atoms with Crippen LogP contribution in [0.2, 0.25) is 0 Å². The zero-order valence-corrected chi connectivity index (χ0v) is 7.75. The van der Waals surface area contributed by atoms with Crippen LogP contribution in [0.3, 0.4) is 0 Å². The molecule has 1 rings (SSSR count). The highest BCUT2D eigenvalue weighted by Gasteiger charge is 2.26. The molecule has 0 amide bonds. The van der Waals surface area contributed by atoms with Gasteiger partial charge in [-0.1, -0.05) is 24.6 Å². The van der Waals surface area contributed by atoms with Gasteiger partial charge in [-0.25, -0.2) is 0 Å². The van der Waals surface area contributed by atoms with Gasteiger partial charge in [0.25, 0.3) is 0 Å². The Morgan fingerprint density at radius 1 is 1.67 bits per heavy atom. The highest BCUT2D eigenvalue weighted by molar-refractivity contribution is 5.35. The number of aliphatic hydroxyl groups is 1. The summed E-state index contributed by atoms with van der Waals surface area (Å²) < 4.78 is 0. The van der Waals surface area contributed by atoms with Crippen molar-refractivity contribution < 1.29 is 5.11 Å². The lowest BCUT2D eigenvalue weighted by Gasteiger charge is -2.09. The Morgan fingerprint density at radius 3 is 2.75 bits per heavy atom. The molecule has 2 atom stereocenters. The molecule has 0 aliphatic heterocycles. The number of rotatable bonds is 2. The van der Waals surface area contributed by atoms with Crippen LogP contribution in [0.25, 0.3) is 0 Å². The van der Waals surface area contributed by atoms with Gasteiger partial charge in [-0.05, 0) is 25.3 Å². The predicted molar refractivity (Wildman–Crippen MR) is 50.7 cm³/mol. The van der Waals surface area contributed by atoms with Gasteiger partial charge < -0.3 is 10.8 Å². The van der Waals surface area contributed by atoms with E-state index in [2.05, 4.69) is 13.0 Å². The topological polar surface area (TPSA) is 46.2 Å². The second-order valence-corrected chi connectivity index (χ2v) is 3.36. The number of hydrogen-bond donors (Lipinski definition) is 2. The zero-order valence-electron chi connectivity index (χ0n) is 7.75. The van der Waals surface area contributed by atoms with Crippen LogP contribution in [0, 0.1) is 0 Å². The van der Waals surface area contributed by atoms with Crippen LogP contribution in [-0.2, 0) is 0 Å². The van der Waals surface area contributed by atoms with Gasteiger partial charge in [0.15, 0.2) is 0 Å². The molecule has 68 valence electrons. The molecule has 0 saturated carbocycles. The van der Waals surface area contributed by atoms with E-state index in [9.17, 15) is 5.11 Å². The maximum Gasteiger partial charge on any atom is 0.0943 e. The van der Waals surface area contributed by atoms with E-state index in [-0.39, 0.29) is 6.04 Å². The molecule has 0 heterocycles. The first-order chi connectivity index (χ1) is 5.66. The summed E-state index contributed by atoms with van der Waals surface area (Å²) in [4.78, 5) is 0. The summed E-state index contributed by atoms with van der Waals surface area (Å²) in [5.41, 5.74) is 7.95. The Bertz CT molecular complexity index is 218. The summed E-state index contributed by atoms with van der Waals surface area (Å²) in [5.74, 6) is 0. The van der Waals surface area contributed by atoms with Crippen molar-refractivity contribution in [2.24, 2.45) is 5.73 Å². The third kappa shape index (κ3) is 1.76. The predicted octanol–water partition coefficient (Wildman–Crippen LogP) is 1.36. The van der Waals surface area contributed by atoms with E-state index >= 15 is 0 Å². The molecule has 0 radical (unpaired) electrons. The van der Waals surface area contributed by atoms with Gasteiger partial charge in [0.1, 0.15) is 0 Å². The smallest absolute Gasteiger partial charge is 0.0943 e. The molecular formula is C10H17NO. The van der Waals surface area contributed by atoms with Crippen LogP contribution in [-0.4, -0.2) is 17.3 Å². The van der Waals surface area contributed by atoms with E-state index in [1.54, 1.807) is 0 Å². The Morgan fingerprint density at radius 2 is 2.33 bits per heavy atom. The van der Waals surface area contributed by atoms with E-state index in [0.29, 0.717) is 0 Å². The largest absolute Gasteiger partial charge is 0.387 e. The molecule has 0 aromatic heterocycles. The van der Waals surface area contributed by atoms with E-state index in [1.165, 1.54) is 5.57 Å². The minimum atomic E-state index is -0.451. The van der Waals surface area contributed by atoms with Crippen molar-refractivity contribution in [1.29, 1.82) is 0 Å². The third-order valence-electron chi connectivity index (χ3n) is 2.29. The van der Waals surface area contributed by atoms with Gasteiger partial charge in [0.05, 0.1) is 6.10 Å². The van der Waals surface area contributed by atoms with Crippen molar-refractivity contribution in [3.63, 3.8) is 0 Å².